The van der Waals surface area contributed by atoms with Crippen LogP contribution in [-0.4, -0.2) is 9.13 Å². The molecule has 0 bridgehead atoms. The molecule has 1 atom stereocenters. The molecule has 0 saturated carbocycles. The zero-order valence-electron chi connectivity index (χ0n) is 10.6. The van der Waals surface area contributed by atoms with Gasteiger partial charge in [-0.2, -0.15) is 0 Å². The van der Waals surface area contributed by atoms with E-state index in [9.17, 15) is 14.3 Å². The summed E-state index contributed by atoms with van der Waals surface area (Å²) in [7, 11) is -1.45. The van der Waals surface area contributed by atoms with Gasteiger partial charge in [-0.3, -0.25) is 14.3 Å². The molecule has 2 aromatic carbocycles. The van der Waals surface area contributed by atoms with Crippen LogP contribution in [0.4, 0.5) is 11.4 Å². The summed E-state index contributed by atoms with van der Waals surface area (Å²) in [5, 5.41) is 11.2. The van der Waals surface area contributed by atoms with Crippen LogP contribution in [0.3, 0.4) is 0 Å². The molecule has 21 heavy (non-hydrogen) atoms. The highest BCUT2D eigenvalue weighted by molar-refractivity contribution is 7.84. The van der Waals surface area contributed by atoms with Crippen molar-refractivity contribution in [3.63, 3.8) is 0 Å². The molecule has 0 aliphatic carbocycles. The van der Waals surface area contributed by atoms with Gasteiger partial charge in [0.25, 0.3) is 5.69 Å². The Balaban J connectivity index is 2.27. The average molecular weight is 345 g/mol. The van der Waals surface area contributed by atoms with E-state index in [1.807, 2.05) is 0 Å². The molecule has 0 radical (unpaired) electrons. The lowest BCUT2D eigenvalue weighted by Crippen LogP contribution is -2.00. The lowest BCUT2D eigenvalue weighted by Gasteiger charge is -2.07. The van der Waals surface area contributed by atoms with Gasteiger partial charge in [-0.25, -0.2) is 0 Å². The van der Waals surface area contributed by atoms with Gasteiger partial charge in [-0.1, -0.05) is 23.2 Å². The van der Waals surface area contributed by atoms with Crippen molar-refractivity contribution in [1.29, 1.82) is 0 Å². The van der Waals surface area contributed by atoms with E-state index < -0.39 is 15.7 Å². The van der Waals surface area contributed by atoms with Crippen LogP contribution in [0.5, 0.6) is 0 Å². The first-order valence-corrected chi connectivity index (χ1v) is 7.82. The molecule has 0 aliphatic rings. The predicted octanol–water partition coefficient (Wildman–Crippen LogP) is 3.79. The summed E-state index contributed by atoms with van der Waals surface area (Å²) in [5.74, 6) is 0.0972. The summed E-state index contributed by atoms with van der Waals surface area (Å²) in [6.07, 6.45) is 0. The summed E-state index contributed by atoms with van der Waals surface area (Å²) in [6, 6.07) is 8.76. The number of hydrogen-bond donors (Lipinski definition) is 1. The topological polar surface area (TPSA) is 86.2 Å². The zero-order valence-corrected chi connectivity index (χ0v) is 12.9. The van der Waals surface area contributed by atoms with Gasteiger partial charge in [0, 0.05) is 17.8 Å². The SMILES string of the molecule is Nc1ccc(Cl)c(S(=O)Cc2ccc([N+](=O)[O-])cc2Cl)c1. The highest BCUT2D eigenvalue weighted by Crippen LogP contribution is 2.28. The number of nitro groups is 1. The van der Waals surface area contributed by atoms with E-state index in [-0.39, 0.29) is 16.5 Å². The lowest BCUT2D eigenvalue weighted by molar-refractivity contribution is -0.384. The maximum Gasteiger partial charge on any atom is 0.270 e. The Kier molecular flexibility index (Phi) is 4.82. The smallest absolute Gasteiger partial charge is 0.270 e. The monoisotopic (exact) mass is 344 g/mol. The van der Waals surface area contributed by atoms with E-state index in [0.717, 1.165) is 0 Å². The maximum absolute atomic E-state index is 12.3. The van der Waals surface area contributed by atoms with Crippen LogP contribution in [0.2, 0.25) is 10.0 Å². The Morgan fingerprint density at radius 2 is 1.86 bits per heavy atom. The number of hydrogen-bond acceptors (Lipinski definition) is 4. The van der Waals surface area contributed by atoms with E-state index in [1.165, 1.54) is 24.3 Å². The van der Waals surface area contributed by atoms with Crippen LogP contribution >= 0.6 is 23.2 Å². The minimum absolute atomic E-state index is 0.0972. The molecule has 0 heterocycles. The molecular formula is C13H10Cl2N2O3S. The van der Waals surface area contributed by atoms with Gasteiger partial charge in [-0.05, 0) is 29.8 Å². The third-order valence-electron chi connectivity index (χ3n) is 2.73. The molecule has 110 valence electrons. The van der Waals surface area contributed by atoms with E-state index in [4.69, 9.17) is 28.9 Å². The van der Waals surface area contributed by atoms with Gasteiger partial charge in [0.1, 0.15) is 0 Å². The van der Waals surface area contributed by atoms with Crippen molar-refractivity contribution >= 4 is 45.4 Å². The van der Waals surface area contributed by atoms with Gasteiger partial charge < -0.3 is 5.73 Å². The highest BCUT2D eigenvalue weighted by atomic mass is 35.5. The van der Waals surface area contributed by atoms with Gasteiger partial charge >= 0.3 is 0 Å². The molecule has 2 aromatic rings. The van der Waals surface area contributed by atoms with Crippen LogP contribution in [-0.2, 0) is 16.6 Å². The minimum Gasteiger partial charge on any atom is -0.399 e. The van der Waals surface area contributed by atoms with E-state index in [1.54, 1.807) is 12.1 Å². The molecule has 8 heteroatoms. The number of nitrogens with zero attached hydrogens (tertiary/aromatic N) is 1. The molecule has 1 unspecified atom stereocenters. The van der Waals surface area contributed by atoms with Gasteiger partial charge in [0.05, 0.1) is 36.4 Å². The lowest BCUT2D eigenvalue weighted by atomic mass is 10.2. The third-order valence-corrected chi connectivity index (χ3v) is 4.93. The molecule has 0 aliphatic heterocycles. The number of anilines is 1. The van der Waals surface area contributed by atoms with Gasteiger partial charge in [0.15, 0.2) is 0 Å². The van der Waals surface area contributed by atoms with Crippen LogP contribution in [0.25, 0.3) is 0 Å². The largest absolute Gasteiger partial charge is 0.399 e. The summed E-state index contributed by atoms with van der Waals surface area (Å²) in [6.45, 7) is 0. The summed E-state index contributed by atoms with van der Waals surface area (Å²) in [5.41, 5.74) is 6.53. The summed E-state index contributed by atoms with van der Waals surface area (Å²) in [4.78, 5) is 10.5. The molecule has 0 aromatic heterocycles. The number of rotatable bonds is 4. The van der Waals surface area contributed by atoms with Crippen molar-refractivity contribution in [2.75, 3.05) is 5.73 Å². The van der Waals surface area contributed by atoms with E-state index in [0.29, 0.717) is 21.2 Å². The number of halogens is 2. The molecule has 5 nitrogen and oxygen atoms in total. The van der Waals surface area contributed by atoms with Crippen LogP contribution < -0.4 is 5.73 Å². The molecule has 2 rings (SSSR count). The second-order valence-electron chi connectivity index (χ2n) is 4.21. The number of non-ortho nitro benzene ring substituents is 1. The van der Waals surface area contributed by atoms with Crippen molar-refractivity contribution in [3.8, 4) is 0 Å². The fourth-order valence-electron chi connectivity index (χ4n) is 1.68. The summed E-state index contributed by atoms with van der Waals surface area (Å²) >= 11 is 12.0. The van der Waals surface area contributed by atoms with Crippen LogP contribution in [0.15, 0.2) is 41.3 Å². The van der Waals surface area contributed by atoms with Crippen molar-refractivity contribution in [1.82, 2.24) is 0 Å². The normalized spacial score (nSPS) is 12.1. The third kappa shape index (κ3) is 3.72. The first kappa shape index (κ1) is 15.8. The quantitative estimate of drug-likeness (QED) is 0.519. The molecular weight excluding hydrogens is 335 g/mol. The van der Waals surface area contributed by atoms with E-state index >= 15 is 0 Å². The standard InChI is InChI=1S/C13H10Cl2N2O3S/c14-11-4-2-9(16)5-13(11)21(20)7-8-1-3-10(17(18)19)6-12(8)15/h1-6H,7,16H2. The molecule has 0 amide bonds. The molecule has 0 saturated heterocycles. The first-order chi connectivity index (χ1) is 9.88. The maximum atomic E-state index is 12.3. The zero-order chi connectivity index (χ0) is 15.6. The Labute approximate surface area is 133 Å². The fourth-order valence-corrected chi connectivity index (χ4v) is 3.62. The highest BCUT2D eigenvalue weighted by Gasteiger charge is 2.14. The molecule has 0 fully saturated rings. The Morgan fingerprint density at radius 3 is 2.48 bits per heavy atom. The van der Waals surface area contributed by atoms with Gasteiger partial charge in [0.2, 0.25) is 0 Å². The predicted molar refractivity (Wildman–Crippen MR) is 84.1 cm³/mol. The van der Waals surface area contributed by atoms with Crippen molar-refractivity contribution in [2.24, 2.45) is 0 Å². The number of nitrogen functional groups attached to an aromatic ring is 1. The number of nitro benzene ring substituents is 1. The first-order valence-electron chi connectivity index (χ1n) is 5.74. The van der Waals surface area contributed by atoms with Crippen molar-refractivity contribution in [2.45, 2.75) is 10.6 Å². The average Bonchev–Trinajstić information content (AvgIpc) is 2.43. The second-order valence-corrected chi connectivity index (χ2v) is 6.45. The Morgan fingerprint density at radius 1 is 1.14 bits per heavy atom. The Bertz CT molecular complexity index is 737. The van der Waals surface area contributed by atoms with Gasteiger partial charge in [-0.15, -0.1) is 0 Å². The number of benzene rings is 2. The molecule has 2 N–H and O–H groups in total. The Hall–Kier alpha value is -1.63. The van der Waals surface area contributed by atoms with Crippen LogP contribution in [0.1, 0.15) is 5.56 Å². The second kappa shape index (κ2) is 6.43. The van der Waals surface area contributed by atoms with E-state index in [2.05, 4.69) is 0 Å². The number of nitrogens with two attached hydrogens (primary N) is 1. The van der Waals surface area contributed by atoms with Crippen LogP contribution in [0, 0.1) is 10.1 Å². The summed E-state index contributed by atoms with van der Waals surface area (Å²) < 4.78 is 12.3. The van der Waals surface area contributed by atoms with Crippen molar-refractivity contribution < 1.29 is 9.13 Å². The molecule has 0 spiro atoms. The van der Waals surface area contributed by atoms with Crippen molar-refractivity contribution in [3.05, 3.63) is 62.1 Å². The fraction of sp³-hybridized carbons (Fsp3) is 0.0769. The minimum atomic E-state index is -1.45.